The van der Waals surface area contributed by atoms with Crippen molar-refractivity contribution < 1.29 is 4.74 Å². The van der Waals surface area contributed by atoms with E-state index in [0.717, 1.165) is 26.2 Å². The van der Waals surface area contributed by atoms with E-state index in [0.29, 0.717) is 10.8 Å². The Bertz CT molecular complexity index is 379. The number of likely N-dealkylation sites (N-methyl/N-ethyl adjacent to an activating group) is 1. The molecular weight excluding hydrogens is 224 g/mol. The third-order valence-electron chi connectivity index (χ3n) is 2.68. The van der Waals surface area contributed by atoms with E-state index in [1.54, 1.807) is 6.20 Å². The van der Waals surface area contributed by atoms with Crippen molar-refractivity contribution in [1.82, 2.24) is 14.5 Å². The molecule has 0 radical (unpaired) electrons. The van der Waals surface area contributed by atoms with E-state index in [-0.39, 0.29) is 6.10 Å². The van der Waals surface area contributed by atoms with Gasteiger partial charge in [-0.25, -0.2) is 4.98 Å². The average Bonchev–Trinajstić information content (AvgIpc) is 2.66. The van der Waals surface area contributed by atoms with Crippen molar-refractivity contribution in [3.05, 3.63) is 18.2 Å². The number of ether oxygens (including phenoxy) is 1. The Hall–Kier alpha value is -0.980. The van der Waals surface area contributed by atoms with Crippen molar-refractivity contribution in [2.24, 2.45) is 5.73 Å². The van der Waals surface area contributed by atoms with Gasteiger partial charge in [0.25, 0.3) is 0 Å². The number of rotatable bonds is 3. The summed E-state index contributed by atoms with van der Waals surface area (Å²) in [7, 11) is 2.10. The maximum atomic E-state index is 5.68. The van der Waals surface area contributed by atoms with Gasteiger partial charge in [0, 0.05) is 25.5 Å². The van der Waals surface area contributed by atoms with E-state index in [2.05, 4.69) is 16.9 Å². The molecule has 0 aromatic carbocycles. The van der Waals surface area contributed by atoms with Crippen molar-refractivity contribution in [3.63, 3.8) is 0 Å². The first-order valence-electron chi connectivity index (χ1n) is 5.28. The fourth-order valence-electron chi connectivity index (χ4n) is 1.88. The zero-order chi connectivity index (χ0) is 11.5. The molecule has 0 aliphatic carbocycles. The lowest BCUT2D eigenvalue weighted by Crippen LogP contribution is -2.42. The number of hydrogen-bond acceptors (Lipinski definition) is 4. The minimum atomic E-state index is 0.182. The lowest BCUT2D eigenvalue weighted by Gasteiger charge is -2.30. The normalized spacial score (nSPS) is 22.2. The lowest BCUT2D eigenvalue weighted by molar-refractivity contribution is -0.0275. The standard InChI is InChI=1S/C10H16N4OS/c1-13-4-5-15-8(6-13)7-14-3-2-12-10(14)9(11)16/h2-3,8H,4-7H2,1H3,(H2,11,16). The van der Waals surface area contributed by atoms with Crippen molar-refractivity contribution in [1.29, 1.82) is 0 Å². The lowest BCUT2D eigenvalue weighted by atomic mass is 10.3. The summed E-state index contributed by atoms with van der Waals surface area (Å²) in [6.45, 7) is 3.44. The molecule has 0 saturated carbocycles. The molecule has 1 saturated heterocycles. The first kappa shape index (κ1) is 11.5. The number of hydrogen-bond donors (Lipinski definition) is 1. The monoisotopic (exact) mass is 240 g/mol. The molecule has 1 atom stereocenters. The Morgan fingerprint density at radius 1 is 1.75 bits per heavy atom. The molecule has 1 unspecified atom stereocenters. The van der Waals surface area contributed by atoms with Crippen LogP contribution >= 0.6 is 12.2 Å². The molecule has 0 bridgehead atoms. The van der Waals surface area contributed by atoms with Crippen LogP contribution in [0.5, 0.6) is 0 Å². The fourth-order valence-corrected chi connectivity index (χ4v) is 2.05. The van der Waals surface area contributed by atoms with Crippen molar-refractivity contribution in [2.75, 3.05) is 26.7 Å². The molecule has 1 aromatic heterocycles. The van der Waals surface area contributed by atoms with Crippen LogP contribution in [0.15, 0.2) is 12.4 Å². The zero-order valence-electron chi connectivity index (χ0n) is 9.30. The van der Waals surface area contributed by atoms with Gasteiger partial charge in [0.1, 0.15) is 4.99 Å². The molecule has 16 heavy (non-hydrogen) atoms. The van der Waals surface area contributed by atoms with Gasteiger partial charge in [-0.3, -0.25) is 0 Å². The number of morpholine rings is 1. The van der Waals surface area contributed by atoms with E-state index in [4.69, 9.17) is 22.7 Å². The van der Waals surface area contributed by atoms with Crippen LogP contribution in [-0.4, -0.2) is 52.3 Å². The van der Waals surface area contributed by atoms with Crippen LogP contribution in [0.25, 0.3) is 0 Å². The molecule has 2 heterocycles. The molecule has 1 aliphatic rings. The van der Waals surface area contributed by atoms with Gasteiger partial charge in [-0.05, 0) is 7.05 Å². The number of nitrogens with zero attached hydrogens (tertiary/aromatic N) is 3. The second-order valence-corrected chi connectivity index (χ2v) is 4.46. The van der Waals surface area contributed by atoms with Gasteiger partial charge in [-0.15, -0.1) is 0 Å². The topological polar surface area (TPSA) is 56.3 Å². The van der Waals surface area contributed by atoms with Crippen LogP contribution in [0, 0.1) is 0 Å². The predicted molar refractivity (Wildman–Crippen MR) is 65.4 cm³/mol. The van der Waals surface area contributed by atoms with Crippen LogP contribution in [0.4, 0.5) is 0 Å². The summed E-state index contributed by atoms with van der Waals surface area (Å²) >= 11 is 4.94. The molecule has 1 aliphatic heterocycles. The molecule has 6 heteroatoms. The Labute approximate surface area is 100 Å². The average molecular weight is 240 g/mol. The third-order valence-corrected chi connectivity index (χ3v) is 2.86. The van der Waals surface area contributed by atoms with E-state index >= 15 is 0 Å². The summed E-state index contributed by atoms with van der Waals surface area (Å²) in [5, 5.41) is 0. The smallest absolute Gasteiger partial charge is 0.167 e. The fraction of sp³-hybridized carbons (Fsp3) is 0.600. The van der Waals surface area contributed by atoms with Crippen LogP contribution in [0.1, 0.15) is 5.82 Å². The highest BCUT2D eigenvalue weighted by Crippen LogP contribution is 2.07. The number of aromatic nitrogens is 2. The Balaban J connectivity index is 2.02. The zero-order valence-corrected chi connectivity index (χ0v) is 10.1. The minimum absolute atomic E-state index is 0.182. The number of imidazole rings is 1. The molecule has 1 aromatic rings. The van der Waals surface area contributed by atoms with Crippen LogP contribution in [-0.2, 0) is 11.3 Å². The summed E-state index contributed by atoms with van der Waals surface area (Å²) in [6, 6.07) is 0. The van der Waals surface area contributed by atoms with Crippen LogP contribution < -0.4 is 5.73 Å². The molecule has 0 spiro atoms. The Morgan fingerprint density at radius 2 is 2.56 bits per heavy atom. The van der Waals surface area contributed by atoms with Crippen LogP contribution in [0.2, 0.25) is 0 Å². The Kier molecular flexibility index (Phi) is 3.52. The SMILES string of the molecule is CN1CCOC(Cn2ccnc2C(N)=S)C1. The highest BCUT2D eigenvalue weighted by molar-refractivity contribution is 7.80. The van der Waals surface area contributed by atoms with Gasteiger partial charge >= 0.3 is 0 Å². The molecule has 1 fully saturated rings. The molecule has 88 valence electrons. The van der Waals surface area contributed by atoms with E-state index < -0.39 is 0 Å². The quantitative estimate of drug-likeness (QED) is 0.745. The molecule has 2 rings (SSSR count). The minimum Gasteiger partial charge on any atom is -0.387 e. The second kappa shape index (κ2) is 4.90. The predicted octanol–water partition coefficient (Wildman–Crippen LogP) is -0.152. The highest BCUT2D eigenvalue weighted by atomic mass is 32.1. The first-order chi connectivity index (χ1) is 7.66. The molecular formula is C10H16N4OS. The van der Waals surface area contributed by atoms with Crippen molar-refractivity contribution >= 4 is 17.2 Å². The summed E-state index contributed by atoms with van der Waals surface area (Å²) in [6.07, 6.45) is 3.77. The van der Waals surface area contributed by atoms with Crippen molar-refractivity contribution in [2.45, 2.75) is 12.6 Å². The van der Waals surface area contributed by atoms with Gasteiger partial charge in [0.15, 0.2) is 5.82 Å². The molecule has 2 N–H and O–H groups in total. The van der Waals surface area contributed by atoms with Crippen LogP contribution in [0.3, 0.4) is 0 Å². The largest absolute Gasteiger partial charge is 0.387 e. The Morgan fingerprint density at radius 3 is 3.25 bits per heavy atom. The maximum Gasteiger partial charge on any atom is 0.167 e. The first-order valence-corrected chi connectivity index (χ1v) is 5.68. The van der Waals surface area contributed by atoms with Gasteiger partial charge in [0.2, 0.25) is 0 Å². The maximum absolute atomic E-state index is 5.68. The summed E-state index contributed by atoms with van der Waals surface area (Å²) in [5.74, 6) is 0.659. The second-order valence-electron chi connectivity index (χ2n) is 4.02. The number of thiocarbonyl (C=S) groups is 1. The van der Waals surface area contributed by atoms with Gasteiger partial charge in [-0.1, -0.05) is 12.2 Å². The molecule has 0 amide bonds. The van der Waals surface area contributed by atoms with E-state index in [9.17, 15) is 0 Å². The molecule has 5 nitrogen and oxygen atoms in total. The van der Waals surface area contributed by atoms with E-state index in [1.807, 2.05) is 10.8 Å². The van der Waals surface area contributed by atoms with Gasteiger partial charge in [-0.2, -0.15) is 0 Å². The van der Waals surface area contributed by atoms with Gasteiger partial charge < -0.3 is 19.9 Å². The third kappa shape index (κ3) is 2.58. The van der Waals surface area contributed by atoms with Crippen molar-refractivity contribution in [3.8, 4) is 0 Å². The number of nitrogens with two attached hydrogens (primary N) is 1. The van der Waals surface area contributed by atoms with Gasteiger partial charge in [0.05, 0.1) is 19.3 Å². The summed E-state index contributed by atoms with van der Waals surface area (Å²) < 4.78 is 7.63. The summed E-state index contributed by atoms with van der Waals surface area (Å²) in [5.41, 5.74) is 5.59. The summed E-state index contributed by atoms with van der Waals surface area (Å²) in [4.78, 5) is 6.71. The highest BCUT2D eigenvalue weighted by Gasteiger charge is 2.19. The van der Waals surface area contributed by atoms with E-state index in [1.165, 1.54) is 0 Å².